The largest absolute Gasteiger partial charge is 0.463 e. The molecule has 0 aliphatic carbocycles. The molecule has 0 aliphatic heterocycles. The summed E-state index contributed by atoms with van der Waals surface area (Å²) in [6.07, 6.45) is 0. The minimum atomic E-state index is -1.08. The predicted octanol–water partition coefficient (Wildman–Crippen LogP) is 0.115. The van der Waals surface area contributed by atoms with Gasteiger partial charge in [0.05, 0.1) is 0 Å². The van der Waals surface area contributed by atoms with Crippen molar-refractivity contribution in [2.24, 2.45) is 5.73 Å². The molecule has 0 rings (SSSR count). The maximum Gasteiger partial charge on any atom is 0.147 e. The van der Waals surface area contributed by atoms with Crippen molar-refractivity contribution in [3.8, 4) is 0 Å². The summed E-state index contributed by atoms with van der Waals surface area (Å²) in [7, 11) is 0. The van der Waals surface area contributed by atoms with Crippen LogP contribution in [0.2, 0.25) is 0 Å². The minimum Gasteiger partial charge on any atom is -0.463 e. The van der Waals surface area contributed by atoms with E-state index in [1.165, 1.54) is 0 Å². The Balaban J connectivity index is 0. The zero-order chi connectivity index (χ0) is 3.58. The van der Waals surface area contributed by atoms with E-state index in [1.807, 2.05) is 0 Å². The molecule has 4 heteroatoms. The Morgan fingerprint density at radius 3 is 1.80 bits per heavy atom. The van der Waals surface area contributed by atoms with Crippen LogP contribution in [0.5, 0.6) is 0 Å². The third-order valence-electron chi connectivity index (χ3n) is 0. The summed E-state index contributed by atoms with van der Waals surface area (Å²) < 4.78 is 0. The van der Waals surface area contributed by atoms with E-state index in [2.05, 4.69) is 5.73 Å². The molecule has 5 heavy (non-hydrogen) atoms. The Morgan fingerprint density at radius 2 is 1.80 bits per heavy atom. The van der Waals surface area contributed by atoms with Gasteiger partial charge in [-0.2, -0.15) is 0 Å². The molecule has 0 heterocycles. The van der Waals surface area contributed by atoms with Crippen LogP contribution in [-0.2, 0) is 19.5 Å². The fourth-order valence-corrected chi connectivity index (χ4v) is 0. The quantitative estimate of drug-likeness (QED) is 0.458. The molecule has 0 saturated carbocycles. The normalized spacial score (nSPS) is 4.80. The average Bonchev–Trinajstić information content (AvgIpc) is 0.811. The summed E-state index contributed by atoms with van der Waals surface area (Å²) in [5.41, 5.74) is 9.86. The van der Waals surface area contributed by atoms with E-state index < -0.39 is 6.03 Å². The number of hydrogen-bond acceptors (Lipinski definition) is 1. The summed E-state index contributed by atoms with van der Waals surface area (Å²) in [6.45, 7) is 0. The molecular formula is CH3N2OZn-. The van der Waals surface area contributed by atoms with Crippen molar-refractivity contribution in [1.29, 1.82) is 0 Å². The van der Waals surface area contributed by atoms with Crippen LogP contribution in [-0.4, -0.2) is 6.03 Å². The van der Waals surface area contributed by atoms with E-state index in [9.17, 15) is 0 Å². The van der Waals surface area contributed by atoms with Crippen LogP contribution >= 0.6 is 0 Å². The second-order valence-corrected chi connectivity index (χ2v) is 0.364. The molecule has 2 amide bonds. The summed E-state index contributed by atoms with van der Waals surface area (Å²) in [6, 6.07) is -1.08. The number of rotatable bonds is 0. The van der Waals surface area contributed by atoms with E-state index in [4.69, 9.17) is 10.5 Å². The van der Waals surface area contributed by atoms with Gasteiger partial charge in [0.15, 0.2) is 0 Å². The number of carbonyl (C=O) groups excluding carboxylic acids is 1. The summed E-state index contributed by atoms with van der Waals surface area (Å²) >= 11 is 0. The van der Waals surface area contributed by atoms with Crippen molar-refractivity contribution in [3.63, 3.8) is 0 Å². The number of urea groups is 1. The Kier molecular flexibility index (Phi) is 6.90. The molecule has 0 aromatic heterocycles. The molecule has 0 aromatic carbocycles. The monoisotopic (exact) mass is 123 g/mol. The zero-order valence-electron chi connectivity index (χ0n) is 2.69. The molecule has 0 saturated heterocycles. The van der Waals surface area contributed by atoms with Crippen LogP contribution in [0.1, 0.15) is 0 Å². The van der Waals surface area contributed by atoms with E-state index in [0.29, 0.717) is 0 Å². The minimum absolute atomic E-state index is 0. The first-order chi connectivity index (χ1) is 1.73. The van der Waals surface area contributed by atoms with Crippen LogP contribution in [0.25, 0.3) is 5.73 Å². The van der Waals surface area contributed by atoms with Crippen molar-refractivity contribution in [2.75, 3.05) is 0 Å². The molecule has 3 nitrogen and oxygen atoms in total. The molecule has 0 atom stereocenters. The zero-order valence-corrected chi connectivity index (χ0v) is 5.66. The van der Waals surface area contributed by atoms with Gasteiger partial charge in [-0.1, -0.05) is 0 Å². The molecule has 0 aromatic rings. The van der Waals surface area contributed by atoms with E-state index in [-0.39, 0.29) is 19.5 Å². The van der Waals surface area contributed by atoms with Crippen molar-refractivity contribution in [2.45, 2.75) is 0 Å². The fourth-order valence-electron chi connectivity index (χ4n) is 0. The molecule has 0 aliphatic rings. The number of nitrogens with one attached hydrogen (secondary N) is 1. The second kappa shape index (κ2) is 3.89. The molecule has 0 fully saturated rings. The first kappa shape index (κ1) is 8.86. The fraction of sp³-hybridized carbons (Fsp3) is 0. The molecule has 0 unspecified atom stereocenters. The van der Waals surface area contributed by atoms with Gasteiger partial charge in [0.25, 0.3) is 0 Å². The Hall–Kier alpha value is -0.107. The van der Waals surface area contributed by atoms with E-state index in [1.54, 1.807) is 0 Å². The van der Waals surface area contributed by atoms with Crippen LogP contribution in [0.3, 0.4) is 0 Å². The molecule has 0 radical (unpaired) electrons. The number of amides is 2. The predicted molar refractivity (Wildman–Crippen MR) is 13.9 cm³/mol. The number of hydrogen-bond donors (Lipinski definition) is 1. The summed E-state index contributed by atoms with van der Waals surface area (Å²) in [5, 5.41) is 0. The first-order valence-electron chi connectivity index (χ1n) is 0.743. The standard InChI is InChI=1S/CH4N2O.Zn/c2-1(3)4;/h(H4,2,3,4);/p-1. The van der Waals surface area contributed by atoms with Gasteiger partial charge in [-0.05, 0) is 0 Å². The van der Waals surface area contributed by atoms with Crippen LogP contribution < -0.4 is 5.73 Å². The van der Waals surface area contributed by atoms with Crippen LogP contribution in [0, 0.1) is 0 Å². The second-order valence-electron chi connectivity index (χ2n) is 0.364. The Labute approximate surface area is 42.5 Å². The molecular weight excluding hydrogens is 121 g/mol. The maximum absolute atomic E-state index is 8.89. The van der Waals surface area contributed by atoms with Crippen LogP contribution in [0.15, 0.2) is 0 Å². The Bertz CT molecular complexity index is 32.6. The van der Waals surface area contributed by atoms with Crippen LogP contribution in [0.4, 0.5) is 4.79 Å². The number of primary amides is 1. The third kappa shape index (κ3) is 1230. The van der Waals surface area contributed by atoms with Gasteiger partial charge in [-0.15, -0.1) is 0 Å². The van der Waals surface area contributed by atoms with Gasteiger partial charge in [-0.3, -0.25) is 4.79 Å². The third-order valence-corrected chi connectivity index (χ3v) is 0. The smallest absolute Gasteiger partial charge is 0.147 e. The van der Waals surface area contributed by atoms with E-state index in [0.717, 1.165) is 0 Å². The number of carbonyl (C=O) groups is 1. The SMILES string of the molecule is [NH-]C(N)=O.[Zn]. The van der Waals surface area contributed by atoms with E-state index >= 15 is 0 Å². The average molecular weight is 124 g/mol. The molecule has 0 spiro atoms. The molecule has 0 bridgehead atoms. The first-order valence-corrected chi connectivity index (χ1v) is 0.743. The maximum atomic E-state index is 8.89. The van der Waals surface area contributed by atoms with Gasteiger partial charge < -0.3 is 11.5 Å². The van der Waals surface area contributed by atoms with Gasteiger partial charge in [-0.25, -0.2) is 0 Å². The summed E-state index contributed by atoms with van der Waals surface area (Å²) in [5.74, 6) is 0. The topological polar surface area (TPSA) is 66.9 Å². The molecule has 3 N–H and O–H groups in total. The van der Waals surface area contributed by atoms with Gasteiger partial charge in [0.1, 0.15) is 6.03 Å². The molecule has 26 valence electrons. The van der Waals surface area contributed by atoms with Crippen molar-refractivity contribution >= 4 is 6.03 Å². The van der Waals surface area contributed by atoms with Gasteiger partial charge in [0.2, 0.25) is 0 Å². The van der Waals surface area contributed by atoms with Crippen molar-refractivity contribution < 1.29 is 24.3 Å². The van der Waals surface area contributed by atoms with Crippen molar-refractivity contribution in [1.82, 2.24) is 0 Å². The van der Waals surface area contributed by atoms with Crippen molar-refractivity contribution in [3.05, 3.63) is 5.73 Å². The Morgan fingerprint density at radius 1 is 1.80 bits per heavy atom. The van der Waals surface area contributed by atoms with Gasteiger partial charge >= 0.3 is 0 Å². The number of nitrogens with two attached hydrogens (primary N) is 1. The summed E-state index contributed by atoms with van der Waals surface area (Å²) in [4.78, 5) is 8.89. The van der Waals surface area contributed by atoms with Gasteiger partial charge in [0, 0.05) is 19.5 Å².